The molecule has 1 amide bonds. The maximum absolute atomic E-state index is 12.6. The highest BCUT2D eigenvalue weighted by molar-refractivity contribution is 7.92. The third-order valence-electron chi connectivity index (χ3n) is 3.59. The Morgan fingerprint density at radius 2 is 2.08 bits per heavy atom. The van der Waals surface area contributed by atoms with Crippen LogP contribution in [0.4, 0.5) is 18.9 Å². The molecule has 0 unspecified atom stereocenters. The number of halogens is 3. The van der Waals surface area contributed by atoms with E-state index in [-0.39, 0.29) is 18.7 Å². The van der Waals surface area contributed by atoms with Crippen LogP contribution in [-0.2, 0) is 16.4 Å². The van der Waals surface area contributed by atoms with Crippen molar-refractivity contribution in [2.45, 2.75) is 12.6 Å². The minimum absolute atomic E-state index is 0.0928. The molecule has 0 radical (unpaired) electrons. The molecule has 1 aliphatic heterocycles. The molecule has 0 spiro atoms. The van der Waals surface area contributed by atoms with Crippen LogP contribution in [-0.4, -0.2) is 51.3 Å². The number of anilines is 1. The van der Waals surface area contributed by atoms with Gasteiger partial charge < -0.3 is 4.90 Å². The van der Waals surface area contributed by atoms with E-state index in [1.54, 1.807) is 0 Å². The topological polar surface area (TPSA) is 57.7 Å². The molecule has 0 atom stereocenters. The van der Waals surface area contributed by atoms with Crippen LogP contribution < -0.4 is 4.31 Å². The van der Waals surface area contributed by atoms with E-state index in [2.05, 4.69) is 6.58 Å². The maximum Gasteiger partial charge on any atom is 0.406 e. The van der Waals surface area contributed by atoms with Crippen LogP contribution in [0.25, 0.3) is 0 Å². The number of sulfonamides is 1. The van der Waals surface area contributed by atoms with Crippen LogP contribution in [0.3, 0.4) is 0 Å². The fourth-order valence-electron chi connectivity index (χ4n) is 2.62. The van der Waals surface area contributed by atoms with Crippen molar-refractivity contribution in [2.75, 3.05) is 30.2 Å². The number of amides is 1. The lowest BCUT2D eigenvalue weighted by Crippen LogP contribution is -2.39. The summed E-state index contributed by atoms with van der Waals surface area (Å²) in [6.45, 7) is 2.02. The zero-order chi connectivity index (χ0) is 18.1. The van der Waals surface area contributed by atoms with E-state index in [0.717, 1.165) is 6.26 Å². The average Bonchev–Trinajstić information content (AvgIpc) is 2.87. The van der Waals surface area contributed by atoms with Crippen molar-refractivity contribution >= 4 is 21.6 Å². The monoisotopic (exact) mass is 362 g/mol. The van der Waals surface area contributed by atoms with Crippen molar-refractivity contribution in [1.29, 1.82) is 0 Å². The number of carbonyl (C=O) groups excluding carboxylic acids is 1. The van der Waals surface area contributed by atoms with Crippen LogP contribution >= 0.6 is 0 Å². The highest BCUT2D eigenvalue weighted by Crippen LogP contribution is 2.31. The predicted molar refractivity (Wildman–Crippen MR) is 84.5 cm³/mol. The second-order valence-corrected chi connectivity index (χ2v) is 7.42. The fourth-order valence-corrected chi connectivity index (χ4v) is 3.58. The second kappa shape index (κ2) is 6.46. The van der Waals surface area contributed by atoms with Crippen molar-refractivity contribution in [3.63, 3.8) is 0 Å². The van der Waals surface area contributed by atoms with Crippen LogP contribution in [0.15, 0.2) is 30.9 Å². The summed E-state index contributed by atoms with van der Waals surface area (Å²) in [6, 6.07) is 4.25. The largest absolute Gasteiger partial charge is 0.406 e. The molecule has 0 aliphatic carbocycles. The van der Waals surface area contributed by atoms with Crippen molar-refractivity contribution in [2.24, 2.45) is 0 Å². The van der Waals surface area contributed by atoms with Gasteiger partial charge in [-0.2, -0.15) is 13.2 Å². The lowest BCUT2D eigenvalue weighted by Gasteiger charge is -2.23. The lowest BCUT2D eigenvalue weighted by molar-refractivity contribution is -0.139. The number of benzene rings is 1. The first-order valence-corrected chi connectivity index (χ1v) is 8.95. The predicted octanol–water partition coefficient (Wildman–Crippen LogP) is 2.20. The van der Waals surface area contributed by atoms with E-state index < -0.39 is 28.7 Å². The highest BCUT2D eigenvalue weighted by Gasteiger charge is 2.33. The van der Waals surface area contributed by atoms with Gasteiger partial charge in [-0.15, -0.1) is 6.58 Å². The van der Waals surface area contributed by atoms with Gasteiger partial charge in [0.05, 0.1) is 11.9 Å². The van der Waals surface area contributed by atoms with Gasteiger partial charge in [0, 0.05) is 18.7 Å². The molecule has 2 rings (SSSR count). The molecule has 132 valence electrons. The maximum atomic E-state index is 12.6. The van der Waals surface area contributed by atoms with Crippen LogP contribution in [0.5, 0.6) is 0 Å². The van der Waals surface area contributed by atoms with E-state index in [4.69, 9.17) is 0 Å². The SMILES string of the molecule is C=CCN(CC(F)(F)F)C(=O)c1ccc2c(c1)CCN2S(C)(=O)=O. The Morgan fingerprint density at radius 1 is 1.42 bits per heavy atom. The van der Waals surface area contributed by atoms with Gasteiger partial charge in [-0.25, -0.2) is 8.42 Å². The van der Waals surface area contributed by atoms with Gasteiger partial charge in [-0.05, 0) is 30.2 Å². The van der Waals surface area contributed by atoms with Crippen molar-refractivity contribution in [3.05, 3.63) is 42.0 Å². The fraction of sp³-hybridized carbons (Fsp3) is 0.400. The molecule has 0 N–H and O–H groups in total. The molecule has 9 heteroatoms. The molecule has 1 aromatic carbocycles. The van der Waals surface area contributed by atoms with E-state index in [0.29, 0.717) is 22.6 Å². The summed E-state index contributed by atoms with van der Waals surface area (Å²) < 4.78 is 62.4. The Kier molecular flexibility index (Phi) is 4.93. The Bertz CT molecular complexity index is 760. The number of hydrogen-bond donors (Lipinski definition) is 0. The Hall–Kier alpha value is -2.03. The molecule has 1 aromatic rings. The molecule has 24 heavy (non-hydrogen) atoms. The lowest BCUT2D eigenvalue weighted by atomic mass is 10.1. The van der Waals surface area contributed by atoms with E-state index >= 15 is 0 Å². The molecule has 0 fully saturated rings. The van der Waals surface area contributed by atoms with Crippen LogP contribution in [0, 0.1) is 0 Å². The Labute approximate surface area is 138 Å². The zero-order valence-electron chi connectivity index (χ0n) is 13.0. The Morgan fingerprint density at radius 3 is 2.62 bits per heavy atom. The molecular weight excluding hydrogens is 345 g/mol. The molecule has 1 heterocycles. The quantitative estimate of drug-likeness (QED) is 0.755. The number of alkyl halides is 3. The number of rotatable bonds is 5. The first-order valence-electron chi connectivity index (χ1n) is 7.10. The van der Waals surface area contributed by atoms with Crippen molar-refractivity contribution in [1.82, 2.24) is 4.90 Å². The van der Waals surface area contributed by atoms with Gasteiger partial charge in [0.1, 0.15) is 6.54 Å². The smallest absolute Gasteiger partial charge is 0.326 e. The molecule has 1 aliphatic rings. The third-order valence-corrected chi connectivity index (χ3v) is 4.77. The zero-order valence-corrected chi connectivity index (χ0v) is 13.8. The van der Waals surface area contributed by atoms with Crippen LogP contribution in [0.2, 0.25) is 0 Å². The number of hydrogen-bond acceptors (Lipinski definition) is 3. The first kappa shape index (κ1) is 18.3. The standard InChI is InChI=1S/C15H17F3N2O3S/c1-3-7-19(10-15(16,17)18)14(21)12-4-5-13-11(9-12)6-8-20(13)24(2,22)23/h3-5,9H,1,6-8,10H2,2H3. The molecule has 0 aromatic heterocycles. The van der Waals surface area contributed by atoms with Gasteiger partial charge >= 0.3 is 6.18 Å². The Balaban J connectivity index is 2.30. The van der Waals surface area contributed by atoms with Crippen molar-refractivity contribution < 1.29 is 26.4 Å². The molecule has 0 saturated heterocycles. The number of carbonyl (C=O) groups is 1. The number of fused-ring (bicyclic) bond motifs is 1. The third kappa shape index (κ3) is 4.08. The van der Waals surface area contributed by atoms with Crippen LogP contribution in [0.1, 0.15) is 15.9 Å². The molecule has 5 nitrogen and oxygen atoms in total. The van der Waals surface area contributed by atoms with Crippen molar-refractivity contribution in [3.8, 4) is 0 Å². The highest BCUT2D eigenvalue weighted by atomic mass is 32.2. The number of nitrogens with zero attached hydrogens (tertiary/aromatic N) is 2. The normalized spacial score (nSPS) is 14.4. The first-order chi connectivity index (χ1) is 11.0. The molecule has 0 saturated carbocycles. The summed E-state index contributed by atoms with van der Waals surface area (Å²) in [7, 11) is -3.42. The minimum atomic E-state index is -4.51. The van der Waals surface area contributed by atoms with E-state index in [1.807, 2.05) is 0 Å². The average molecular weight is 362 g/mol. The summed E-state index contributed by atoms with van der Waals surface area (Å²) in [4.78, 5) is 13.0. The van der Waals surface area contributed by atoms with E-state index in [9.17, 15) is 26.4 Å². The van der Waals surface area contributed by atoms with Gasteiger partial charge in [-0.1, -0.05) is 6.08 Å². The molecule has 0 bridgehead atoms. The van der Waals surface area contributed by atoms with E-state index in [1.165, 1.54) is 28.6 Å². The van der Waals surface area contributed by atoms with Gasteiger partial charge in [0.25, 0.3) is 5.91 Å². The van der Waals surface area contributed by atoms with Gasteiger partial charge in [0.2, 0.25) is 10.0 Å². The summed E-state index contributed by atoms with van der Waals surface area (Å²) in [5.41, 5.74) is 1.17. The molecular formula is C15H17F3N2O3S. The summed E-state index contributed by atoms with van der Waals surface area (Å²) in [5, 5.41) is 0. The second-order valence-electron chi connectivity index (χ2n) is 5.52. The summed E-state index contributed by atoms with van der Waals surface area (Å²) in [6.07, 6.45) is -1.80. The van der Waals surface area contributed by atoms with Gasteiger partial charge in [0.15, 0.2) is 0 Å². The van der Waals surface area contributed by atoms with Gasteiger partial charge in [-0.3, -0.25) is 9.10 Å². The summed E-state index contributed by atoms with van der Waals surface area (Å²) in [5.74, 6) is -0.771. The minimum Gasteiger partial charge on any atom is -0.326 e. The summed E-state index contributed by atoms with van der Waals surface area (Å²) >= 11 is 0.